The Morgan fingerprint density at radius 2 is 1.86 bits per heavy atom. The number of halogens is 1. The van der Waals surface area contributed by atoms with Gasteiger partial charge in [-0.25, -0.2) is 4.39 Å². The third-order valence-corrected chi connectivity index (χ3v) is 2.41. The van der Waals surface area contributed by atoms with Crippen molar-refractivity contribution in [1.82, 2.24) is 0 Å². The van der Waals surface area contributed by atoms with Crippen molar-refractivity contribution in [3.63, 3.8) is 0 Å². The predicted molar refractivity (Wildman–Crippen MR) is 59.1 cm³/mol. The van der Waals surface area contributed by atoms with E-state index in [0.29, 0.717) is 11.3 Å². The van der Waals surface area contributed by atoms with Crippen LogP contribution in [-0.4, -0.2) is 13.1 Å². The Labute approximate surface area is 84.5 Å². The first-order valence-corrected chi connectivity index (χ1v) is 4.90. The van der Waals surface area contributed by atoms with Gasteiger partial charge in [0.25, 0.3) is 0 Å². The second-order valence-corrected chi connectivity index (χ2v) is 3.33. The van der Waals surface area contributed by atoms with Crippen LogP contribution in [0.5, 0.6) is 0 Å². The van der Waals surface area contributed by atoms with E-state index in [9.17, 15) is 4.39 Å². The van der Waals surface area contributed by atoms with E-state index in [4.69, 9.17) is 5.73 Å². The van der Waals surface area contributed by atoms with Gasteiger partial charge in [0.15, 0.2) is 0 Å². The first-order chi connectivity index (χ1) is 6.60. The zero-order chi connectivity index (χ0) is 10.7. The van der Waals surface area contributed by atoms with E-state index < -0.39 is 0 Å². The van der Waals surface area contributed by atoms with Crippen LogP contribution in [0.1, 0.15) is 19.4 Å². The number of benzene rings is 1. The van der Waals surface area contributed by atoms with Crippen LogP contribution >= 0.6 is 0 Å². The smallest absolute Gasteiger partial charge is 0.128 e. The maximum atomic E-state index is 13.1. The van der Waals surface area contributed by atoms with Crippen molar-refractivity contribution in [3.8, 4) is 0 Å². The lowest BCUT2D eigenvalue weighted by Gasteiger charge is -2.23. The molecule has 0 saturated heterocycles. The summed E-state index contributed by atoms with van der Waals surface area (Å²) in [7, 11) is 0. The van der Waals surface area contributed by atoms with Crippen LogP contribution in [0, 0.1) is 12.7 Å². The summed E-state index contributed by atoms with van der Waals surface area (Å²) in [4.78, 5) is 2.11. The van der Waals surface area contributed by atoms with Crippen molar-refractivity contribution in [1.29, 1.82) is 0 Å². The molecule has 0 heterocycles. The number of nitrogens with zero attached hydrogens (tertiary/aromatic N) is 1. The molecule has 0 atom stereocenters. The monoisotopic (exact) mass is 196 g/mol. The number of anilines is 2. The van der Waals surface area contributed by atoms with Crippen LogP contribution in [0.3, 0.4) is 0 Å². The van der Waals surface area contributed by atoms with Gasteiger partial charge in [-0.15, -0.1) is 0 Å². The average Bonchev–Trinajstić information content (AvgIpc) is 2.15. The minimum atomic E-state index is -0.238. The van der Waals surface area contributed by atoms with Gasteiger partial charge in [0, 0.05) is 13.1 Å². The highest BCUT2D eigenvalue weighted by atomic mass is 19.1. The van der Waals surface area contributed by atoms with Crippen molar-refractivity contribution in [3.05, 3.63) is 23.5 Å². The van der Waals surface area contributed by atoms with Crippen LogP contribution in [0.25, 0.3) is 0 Å². The molecule has 0 fully saturated rings. The SMILES string of the molecule is CCN(CC)c1cc(C)c(F)cc1N. The Hall–Kier alpha value is -1.25. The largest absolute Gasteiger partial charge is 0.397 e. The highest BCUT2D eigenvalue weighted by molar-refractivity contribution is 5.68. The standard InChI is InChI=1S/C11H17FN2/c1-4-14(5-2)11-6-8(3)9(12)7-10(11)13/h6-7H,4-5,13H2,1-3H3. The fourth-order valence-electron chi connectivity index (χ4n) is 1.52. The maximum Gasteiger partial charge on any atom is 0.128 e. The average molecular weight is 196 g/mol. The van der Waals surface area contributed by atoms with Crippen LogP contribution in [0.4, 0.5) is 15.8 Å². The minimum Gasteiger partial charge on any atom is -0.397 e. The Kier molecular flexibility index (Phi) is 3.33. The van der Waals surface area contributed by atoms with Gasteiger partial charge >= 0.3 is 0 Å². The molecular formula is C11H17FN2. The molecule has 0 unspecified atom stereocenters. The summed E-state index contributed by atoms with van der Waals surface area (Å²) in [6.07, 6.45) is 0. The van der Waals surface area contributed by atoms with Crippen LogP contribution in [0.15, 0.2) is 12.1 Å². The number of nitrogens with two attached hydrogens (primary N) is 1. The van der Waals surface area contributed by atoms with E-state index in [1.54, 1.807) is 13.0 Å². The third kappa shape index (κ3) is 1.97. The normalized spacial score (nSPS) is 10.3. The second-order valence-electron chi connectivity index (χ2n) is 3.33. The summed E-state index contributed by atoms with van der Waals surface area (Å²) in [6.45, 7) is 7.63. The molecule has 78 valence electrons. The molecule has 1 rings (SSSR count). The molecule has 2 N–H and O–H groups in total. The van der Waals surface area contributed by atoms with E-state index in [0.717, 1.165) is 18.8 Å². The van der Waals surface area contributed by atoms with E-state index in [2.05, 4.69) is 18.7 Å². The van der Waals surface area contributed by atoms with E-state index in [1.165, 1.54) is 6.07 Å². The number of rotatable bonds is 3. The van der Waals surface area contributed by atoms with Gasteiger partial charge in [0.2, 0.25) is 0 Å². The highest BCUT2D eigenvalue weighted by Crippen LogP contribution is 2.26. The van der Waals surface area contributed by atoms with Gasteiger partial charge in [0.05, 0.1) is 11.4 Å². The molecule has 0 aliphatic carbocycles. The van der Waals surface area contributed by atoms with E-state index in [1.807, 2.05) is 0 Å². The first kappa shape index (κ1) is 10.8. The molecule has 0 aliphatic heterocycles. The summed E-state index contributed by atoms with van der Waals surface area (Å²) in [5, 5.41) is 0. The maximum absolute atomic E-state index is 13.1. The van der Waals surface area contributed by atoms with Crippen LogP contribution in [-0.2, 0) is 0 Å². The van der Waals surface area contributed by atoms with Gasteiger partial charge < -0.3 is 10.6 Å². The highest BCUT2D eigenvalue weighted by Gasteiger charge is 2.09. The Bertz CT molecular complexity index is 319. The zero-order valence-corrected chi connectivity index (χ0v) is 8.97. The molecule has 0 aromatic heterocycles. The summed E-state index contributed by atoms with van der Waals surface area (Å²) in [6, 6.07) is 3.20. The van der Waals surface area contributed by atoms with E-state index in [-0.39, 0.29) is 5.82 Å². The molecule has 2 nitrogen and oxygen atoms in total. The lowest BCUT2D eigenvalue weighted by molar-refractivity contribution is 0.619. The predicted octanol–water partition coefficient (Wildman–Crippen LogP) is 2.56. The lowest BCUT2D eigenvalue weighted by Crippen LogP contribution is -2.23. The van der Waals surface area contributed by atoms with Gasteiger partial charge in [-0.2, -0.15) is 0 Å². The lowest BCUT2D eigenvalue weighted by atomic mass is 10.1. The fraction of sp³-hybridized carbons (Fsp3) is 0.455. The number of hydrogen-bond donors (Lipinski definition) is 1. The molecule has 3 heteroatoms. The van der Waals surface area contributed by atoms with Crippen molar-refractivity contribution in [2.24, 2.45) is 0 Å². The molecule has 0 aliphatic rings. The van der Waals surface area contributed by atoms with Crippen LogP contribution in [0.2, 0.25) is 0 Å². The molecule has 0 bridgehead atoms. The molecule has 0 radical (unpaired) electrons. The van der Waals surface area contributed by atoms with Gasteiger partial charge in [0.1, 0.15) is 5.82 Å². The minimum absolute atomic E-state index is 0.238. The van der Waals surface area contributed by atoms with E-state index >= 15 is 0 Å². The topological polar surface area (TPSA) is 29.3 Å². The molecule has 1 aromatic rings. The van der Waals surface area contributed by atoms with Crippen molar-refractivity contribution < 1.29 is 4.39 Å². The molecule has 0 spiro atoms. The number of aryl methyl sites for hydroxylation is 1. The first-order valence-electron chi connectivity index (χ1n) is 4.90. The Morgan fingerprint density at radius 3 is 2.36 bits per heavy atom. The summed E-state index contributed by atoms with van der Waals surface area (Å²) in [5.41, 5.74) is 7.84. The quantitative estimate of drug-likeness (QED) is 0.753. The van der Waals surface area contributed by atoms with Crippen molar-refractivity contribution >= 4 is 11.4 Å². The van der Waals surface area contributed by atoms with Gasteiger partial charge in [-0.3, -0.25) is 0 Å². The fourth-order valence-corrected chi connectivity index (χ4v) is 1.52. The molecule has 14 heavy (non-hydrogen) atoms. The molecular weight excluding hydrogens is 179 g/mol. The molecule has 0 amide bonds. The number of nitrogen functional groups attached to an aromatic ring is 1. The van der Waals surface area contributed by atoms with Crippen molar-refractivity contribution in [2.75, 3.05) is 23.7 Å². The third-order valence-electron chi connectivity index (χ3n) is 2.41. The summed E-state index contributed by atoms with van der Waals surface area (Å²) < 4.78 is 13.1. The second kappa shape index (κ2) is 4.31. The molecule has 0 saturated carbocycles. The van der Waals surface area contributed by atoms with Gasteiger partial charge in [-0.1, -0.05) is 0 Å². The number of hydrogen-bond acceptors (Lipinski definition) is 2. The summed E-state index contributed by atoms with van der Waals surface area (Å²) in [5.74, 6) is -0.238. The Balaban J connectivity index is 3.14. The summed E-state index contributed by atoms with van der Waals surface area (Å²) >= 11 is 0. The Morgan fingerprint density at radius 1 is 1.29 bits per heavy atom. The zero-order valence-electron chi connectivity index (χ0n) is 8.97. The molecule has 1 aromatic carbocycles. The van der Waals surface area contributed by atoms with Gasteiger partial charge in [-0.05, 0) is 38.5 Å². The van der Waals surface area contributed by atoms with Crippen LogP contribution < -0.4 is 10.6 Å². The van der Waals surface area contributed by atoms with Crippen molar-refractivity contribution in [2.45, 2.75) is 20.8 Å².